The van der Waals surface area contributed by atoms with Gasteiger partial charge in [0.1, 0.15) is 11.5 Å². The highest BCUT2D eigenvalue weighted by Crippen LogP contribution is 2.25. The Hall–Kier alpha value is -3.54. The molecule has 6 heteroatoms. The van der Waals surface area contributed by atoms with E-state index in [1.807, 2.05) is 43.3 Å². The average Bonchev–Trinajstić information content (AvgIpc) is 2.79. The number of likely N-dealkylation sites (tertiary alicyclic amines) is 1. The van der Waals surface area contributed by atoms with Crippen LogP contribution in [-0.2, 0) is 4.79 Å². The van der Waals surface area contributed by atoms with Gasteiger partial charge in [-0.25, -0.2) is 9.37 Å². The van der Waals surface area contributed by atoms with Gasteiger partial charge in [0.25, 0.3) is 5.91 Å². The van der Waals surface area contributed by atoms with Crippen molar-refractivity contribution in [2.24, 2.45) is 5.92 Å². The molecule has 0 radical (unpaired) electrons. The lowest BCUT2D eigenvalue weighted by Crippen LogP contribution is -2.44. The molecule has 1 aromatic heterocycles. The van der Waals surface area contributed by atoms with Gasteiger partial charge < -0.3 is 10.2 Å². The van der Waals surface area contributed by atoms with Gasteiger partial charge in [-0.1, -0.05) is 30.3 Å². The molecule has 31 heavy (non-hydrogen) atoms. The lowest BCUT2D eigenvalue weighted by atomic mass is 9.96. The summed E-state index contributed by atoms with van der Waals surface area (Å²) in [5, 5.41) is 2.97. The number of amides is 2. The number of nitrogens with zero attached hydrogens (tertiary/aromatic N) is 2. The number of rotatable bonds is 4. The third-order valence-corrected chi connectivity index (χ3v) is 5.49. The molecule has 0 aliphatic carbocycles. The van der Waals surface area contributed by atoms with E-state index in [2.05, 4.69) is 10.3 Å². The van der Waals surface area contributed by atoms with Gasteiger partial charge in [-0.05, 0) is 67.3 Å². The van der Waals surface area contributed by atoms with E-state index in [9.17, 15) is 14.0 Å². The van der Waals surface area contributed by atoms with Crippen LogP contribution in [0.2, 0.25) is 0 Å². The molecule has 1 unspecified atom stereocenters. The Morgan fingerprint density at radius 1 is 1.03 bits per heavy atom. The van der Waals surface area contributed by atoms with Crippen molar-refractivity contribution in [1.82, 2.24) is 9.88 Å². The summed E-state index contributed by atoms with van der Waals surface area (Å²) < 4.78 is 13.2. The summed E-state index contributed by atoms with van der Waals surface area (Å²) in [6.07, 6.45) is 1.50. The molecule has 5 nitrogen and oxygen atoms in total. The van der Waals surface area contributed by atoms with E-state index >= 15 is 0 Å². The lowest BCUT2D eigenvalue weighted by molar-refractivity contribution is -0.121. The SMILES string of the molecule is Cc1cccc(C(=O)N2CCCC(C(=O)Nc3cccc(-c4ccc(F)cc4)c3)C2)n1. The molecule has 3 aromatic rings. The maximum absolute atomic E-state index is 13.2. The summed E-state index contributed by atoms with van der Waals surface area (Å²) in [5.41, 5.74) is 3.64. The molecular weight excluding hydrogens is 393 g/mol. The van der Waals surface area contributed by atoms with Gasteiger partial charge in [-0.2, -0.15) is 0 Å². The Kier molecular flexibility index (Phi) is 6.07. The number of aryl methyl sites for hydroxylation is 1. The zero-order chi connectivity index (χ0) is 21.8. The minimum absolute atomic E-state index is 0.106. The first-order valence-corrected chi connectivity index (χ1v) is 10.4. The number of aromatic nitrogens is 1. The Morgan fingerprint density at radius 2 is 1.81 bits per heavy atom. The number of nitrogens with one attached hydrogen (secondary N) is 1. The van der Waals surface area contributed by atoms with Crippen LogP contribution in [0.5, 0.6) is 0 Å². The summed E-state index contributed by atoms with van der Waals surface area (Å²) in [7, 11) is 0. The van der Waals surface area contributed by atoms with Crippen LogP contribution < -0.4 is 5.32 Å². The summed E-state index contributed by atoms with van der Waals surface area (Å²) >= 11 is 0. The molecule has 158 valence electrons. The summed E-state index contributed by atoms with van der Waals surface area (Å²) in [4.78, 5) is 31.7. The molecular formula is C25H24FN3O2. The number of benzene rings is 2. The normalized spacial score (nSPS) is 16.1. The highest BCUT2D eigenvalue weighted by Gasteiger charge is 2.29. The molecule has 0 spiro atoms. The van der Waals surface area contributed by atoms with Crippen molar-refractivity contribution in [2.45, 2.75) is 19.8 Å². The second-order valence-electron chi connectivity index (χ2n) is 7.83. The van der Waals surface area contributed by atoms with Crippen LogP contribution in [0.15, 0.2) is 66.7 Å². The van der Waals surface area contributed by atoms with Crippen LogP contribution in [0.25, 0.3) is 11.1 Å². The molecule has 0 bridgehead atoms. The summed E-state index contributed by atoms with van der Waals surface area (Å²) in [6, 6.07) is 19.1. The Bertz CT molecular complexity index is 1100. The Morgan fingerprint density at radius 3 is 2.58 bits per heavy atom. The monoisotopic (exact) mass is 417 g/mol. The first kappa shape index (κ1) is 20.7. The van der Waals surface area contributed by atoms with Crippen LogP contribution in [0.3, 0.4) is 0 Å². The predicted molar refractivity (Wildman–Crippen MR) is 118 cm³/mol. The smallest absolute Gasteiger partial charge is 0.272 e. The van der Waals surface area contributed by atoms with Crippen LogP contribution in [0, 0.1) is 18.7 Å². The third kappa shape index (κ3) is 4.97. The van der Waals surface area contributed by atoms with E-state index in [0.717, 1.165) is 29.7 Å². The fraction of sp³-hybridized carbons (Fsp3) is 0.240. The van der Waals surface area contributed by atoms with Crippen LogP contribution >= 0.6 is 0 Å². The zero-order valence-corrected chi connectivity index (χ0v) is 17.3. The minimum Gasteiger partial charge on any atom is -0.337 e. The van der Waals surface area contributed by atoms with Crippen molar-refractivity contribution in [3.63, 3.8) is 0 Å². The van der Waals surface area contributed by atoms with Gasteiger partial charge >= 0.3 is 0 Å². The number of carbonyl (C=O) groups excluding carboxylic acids is 2. The fourth-order valence-electron chi connectivity index (χ4n) is 3.86. The number of hydrogen-bond donors (Lipinski definition) is 1. The molecule has 1 aliphatic rings. The molecule has 1 atom stereocenters. The maximum atomic E-state index is 13.2. The van der Waals surface area contributed by atoms with Crippen molar-refractivity contribution in [3.05, 3.63) is 83.9 Å². The number of piperidine rings is 1. The largest absolute Gasteiger partial charge is 0.337 e. The van der Waals surface area contributed by atoms with Gasteiger partial charge in [-0.15, -0.1) is 0 Å². The highest BCUT2D eigenvalue weighted by molar-refractivity contribution is 5.95. The molecule has 2 amide bonds. The maximum Gasteiger partial charge on any atom is 0.272 e. The number of hydrogen-bond acceptors (Lipinski definition) is 3. The minimum atomic E-state index is -0.287. The molecule has 0 saturated carbocycles. The van der Waals surface area contributed by atoms with Crippen molar-refractivity contribution < 1.29 is 14.0 Å². The van der Waals surface area contributed by atoms with Gasteiger partial charge in [0.05, 0.1) is 5.92 Å². The van der Waals surface area contributed by atoms with E-state index in [1.54, 1.807) is 23.1 Å². The highest BCUT2D eigenvalue weighted by atomic mass is 19.1. The first-order chi connectivity index (χ1) is 15.0. The van der Waals surface area contributed by atoms with Crippen molar-refractivity contribution in [3.8, 4) is 11.1 Å². The third-order valence-electron chi connectivity index (χ3n) is 5.49. The molecule has 4 rings (SSSR count). The lowest BCUT2D eigenvalue weighted by Gasteiger charge is -2.32. The molecule has 1 aliphatic heterocycles. The van der Waals surface area contributed by atoms with E-state index in [4.69, 9.17) is 0 Å². The first-order valence-electron chi connectivity index (χ1n) is 10.4. The van der Waals surface area contributed by atoms with Crippen molar-refractivity contribution in [1.29, 1.82) is 0 Å². The zero-order valence-electron chi connectivity index (χ0n) is 17.3. The number of pyridine rings is 1. The average molecular weight is 417 g/mol. The van der Waals surface area contributed by atoms with Crippen LogP contribution in [0.1, 0.15) is 29.0 Å². The van der Waals surface area contributed by atoms with Gasteiger partial charge in [0.15, 0.2) is 0 Å². The van der Waals surface area contributed by atoms with Gasteiger partial charge in [0.2, 0.25) is 5.91 Å². The van der Waals surface area contributed by atoms with E-state index in [0.29, 0.717) is 24.5 Å². The van der Waals surface area contributed by atoms with Gasteiger partial charge in [-0.3, -0.25) is 9.59 Å². The second kappa shape index (κ2) is 9.08. The Labute approximate surface area is 180 Å². The summed E-state index contributed by atoms with van der Waals surface area (Å²) in [5.74, 6) is -0.812. The van der Waals surface area contributed by atoms with E-state index in [1.165, 1.54) is 12.1 Å². The number of carbonyl (C=O) groups is 2. The molecule has 2 aromatic carbocycles. The summed E-state index contributed by atoms with van der Waals surface area (Å²) in [6.45, 7) is 2.85. The molecule has 1 fully saturated rings. The number of halogens is 1. The predicted octanol–water partition coefficient (Wildman–Crippen LogP) is 4.69. The molecule has 1 N–H and O–H groups in total. The fourth-order valence-corrected chi connectivity index (χ4v) is 3.86. The molecule has 1 saturated heterocycles. The van der Waals surface area contributed by atoms with Crippen LogP contribution in [-0.4, -0.2) is 34.8 Å². The Balaban J connectivity index is 1.43. The van der Waals surface area contributed by atoms with E-state index in [-0.39, 0.29) is 23.5 Å². The van der Waals surface area contributed by atoms with E-state index < -0.39 is 0 Å². The van der Waals surface area contributed by atoms with Crippen LogP contribution in [0.4, 0.5) is 10.1 Å². The van der Waals surface area contributed by atoms with Crippen molar-refractivity contribution in [2.75, 3.05) is 18.4 Å². The quantitative estimate of drug-likeness (QED) is 0.670. The van der Waals surface area contributed by atoms with Crippen molar-refractivity contribution >= 4 is 17.5 Å². The topological polar surface area (TPSA) is 62.3 Å². The number of anilines is 1. The molecule has 2 heterocycles. The van der Waals surface area contributed by atoms with Gasteiger partial charge in [0, 0.05) is 24.5 Å². The standard InChI is InChI=1S/C25H24FN3O2/c1-17-5-2-9-23(27-17)25(31)29-14-4-7-20(16-29)24(30)28-22-8-3-6-19(15-22)18-10-12-21(26)13-11-18/h2-3,5-6,8-13,15,20H,4,7,14,16H2,1H3,(H,28,30). The second-order valence-corrected chi connectivity index (χ2v) is 7.83.